The topological polar surface area (TPSA) is 90.5 Å². The Morgan fingerprint density at radius 3 is 2.69 bits per heavy atom. The van der Waals surface area contributed by atoms with E-state index < -0.39 is 23.7 Å². The molecule has 26 heavy (non-hydrogen) atoms. The van der Waals surface area contributed by atoms with Crippen molar-refractivity contribution in [1.29, 1.82) is 0 Å². The van der Waals surface area contributed by atoms with Crippen LogP contribution in [0.15, 0.2) is 54.3 Å². The van der Waals surface area contributed by atoms with Gasteiger partial charge in [0.1, 0.15) is 0 Å². The van der Waals surface area contributed by atoms with Gasteiger partial charge in [0.15, 0.2) is 5.76 Å². The molecular formula is C19H18ClN3O3. The molecule has 1 unspecified atom stereocenters. The maximum atomic E-state index is 12.3. The van der Waals surface area contributed by atoms with E-state index in [1.54, 1.807) is 36.4 Å². The van der Waals surface area contributed by atoms with E-state index in [1.165, 1.54) is 6.08 Å². The molecule has 0 saturated heterocycles. The lowest BCUT2D eigenvalue weighted by Gasteiger charge is -2.19. The fraction of sp³-hybridized carbons (Fsp3) is 0.158. The molecule has 0 saturated carbocycles. The van der Waals surface area contributed by atoms with Gasteiger partial charge in [0.05, 0.1) is 6.04 Å². The fourth-order valence-electron chi connectivity index (χ4n) is 2.74. The first-order valence-electron chi connectivity index (χ1n) is 8.15. The van der Waals surface area contributed by atoms with Crippen LogP contribution in [0.3, 0.4) is 0 Å². The number of hydrogen-bond donors (Lipinski definition) is 4. The van der Waals surface area contributed by atoms with E-state index in [1.807, 2.05) is 13.0 Å². The zero-order chi connectivity index (χ0) is 18.7. The predicted octanol–water partition coefficient (Wildman–Crippen LogP) is 4.16. The van der Waals surface area contributed by atoms with Crippen LogP contribution in [-0.4, -0.2) is 17.0 Å². The lowest BCUT2D eigenvalue weighted by molar-refractivity contribution is -0.115. The van der Waals surface area contributed by atoms with E-state index in [2.05, 4.69) is 16.0 Å². The average molecular weight is 372 g/mol. The number of rotatable bonds is 3. The largest absolute Gasteiger partial charge is 0.503 e. The summed E-state index contributed by atoms with van der Waals surface area (Å²) in [5.74, 6) is -1.14. The first kappa shape index (κ1) is 17.8. The maximum absolute atomic E-state index is 12.3. The molecule has 0 bridgehead atoms. The molecule has 6 nitrogen and oxygen atoms in total. The lowest BCUT2D eigenvalue weighted by atomic mass is 10.0. The number of aliphatic hydroxyl groups is 1. The summed E-state index contributed by atoms with van der Waals surface area (Å²) in [5, 5.41) is 18.4. The highest BCUT2D eigenvalue weighted by atomic mass is 35.5. The molecule has 1 heterocycles. The Balaban J connectivity index is 1.92. The molecule has 1 aliphatic heterocycles. The summed E-state index contributed by atoms with van der Waals surface area (Å²) in [6.45, 7) is 1.97. The number of urea groups is 1. The second-order valence-corrected chi connectivity index (χ2v) is 6.25. The molecule has 4 N–H and O–H groups in total. The molecule has 0 spiro atoms. The summed E-state index contributed by atoms with van der Waals surface area (Å²) in [4.78, 5) is 24.4. The molecule has 134 valence electrons. The third-order valence-electron chi connectivity index (χ3n) is 4.03. The van der Waals surface area contributed by atoms with E-state index in [-0.39, 0.29) is 0 Å². The Morgan fingerprint density at radius 2 is 2.00 bits per heavy atom. The maximum Gasteiger partial charge on any atom is 0.319 e. The standard InChI is InChI=1S/C19H18ClN3O3/c1-2-11-8-13(20)17-14(9-11)22-18(25)16(24)10-15(17)23-19(26)21-12-6-4-3-5-7-12/h3-10,15,24H,2H2,1H3,(H,22,25)(H2,21,23,26). The minimum absolute atomic E-state index is 0.399. The Hall–Kier alpha value is -2.99. The Morgan fingerprint density at radius 1 is 1.27 bits per heavy atom. The van der Waals surface area contributed by atoms with Gasteiger partial charge in [-0.3, -0.25) is 4.79 Å². The van der Waals surface area contributed by atoms with Crippen LogP contribution in [0.2, 0.25) is 5.02 Å². The average Bonchev–Trinajstić information content (AvgIpc) is 2.72. The smallest absolute Gasteiger partial charge is 0.319 e. The molecule has 7 heteroatoms. The van der Waals surface area contributed by atoms with Gasteiger partial charge in [0.2, 0.25) is 0 Å². The number of nitrogens with one attached hydrogen (secondary N) is 3. The van der Waals surface area contributed by atoms with Crippen molar-refractivity contribution < 1.29 is 14.7 Å². The van der Waals surface area contributed by atoms with Crippen molar-refractivity contribution in [2.75, 3.05) is 10.6 Å². The first-order chi connectivity index (χ1) is 12.5. The normalized spacial score (nSPS) is 16.0. The number of benzene rings is 2. The zero-order valence-electron chi connectivity index (χ0n) is 14.0. The van der Waals surface area contributed by atoms with Crippen molar-refractivity contribution in [3.8, 4) is 0 Å². The molecule has 0 radical (unpaired) electrons. The van der Waals surface area contributed by atoms with Crippen molar-refractivity contribution in [2.45, 2.75) is 19.4 Å². The summed E-state index contributed by atoms with van der Waals surface area (Å²) in [5.41, 5.74) is 2.53. The van der Waals surface area contributed by atoms with Gasteiger partial charge >= 0.3 is 6.03 Å². The van der Waals surface area contributed by atoms with Crippen LogP contribution in [0.5, 0.6) is 0 Å². The third-order valence-corrected chi connectivity index (χ3v) is 4.34. The van der Waals surface area contributed by atoms with Crippen molar-refractivity contribution in [2.24, 2.45) is 0 Å². The Kier molecular flexibility index (Phi) is 5.14. The SMILES string of the molecule is CCc1cc(Cl)c2c(c1)NC(=O)C(O)=CC2NC(=O)Nc1ccccc1. The minimum atomic E-state index is -0.772. The number of fused-ring (bicyclic) bond motifs is 1. The zero-order valence-corrected chi connectivity index (χ0v) is 14.8. The van der Waals surface area contributed by atoms with Crippen LogP contribution < -0.4 is 16.0 Å². The van der Waals surface area contributed by atoms with Crippen molar-refractivity contribution in [1.82, 2.24) is 5.32 Å². The van der Waals surface area contributed by atoms with Gasteiger partial charge in [-0.1, -0.05) is 36.7 Å². The molecule has 3 amide bonds. The predicted molar refractivity (Wildman–Crippen MR) is 102 cm³/mol. The second-order valence-electron chi connectivity index (χ2n) is 5.84. The van der Waals surface area contributed by atoms with Gasteiger partial charge in [-0.15, -0.1) is 0 Å². The summed E-state index contributed by atoms with van der Waals surface area (Å²) >= 11 is 6.40. The quantitative estimate of drug-likeness (QED) is 0.653. The molecular weight excluding hydrogens is 354 g/mol. The Bertz CT molecular complexity index is 881. The van der Waals surface area contributed by atoms with E-state index in [4.69, 9.17) is 11.6 Å². The van der Waals surface area contributed by atoms with Crippen LogP contribution in [0.25, 0.3) is 0 Å². The number of anilines is 2. The molecule has 0 aliphatic carbocycles. The highest BCUT2D eigenvalue weighted by molar-refractivity contribution is 6.32. The van der Waals surface area contributed by atoms with Gasteiger partial charge in [-0.2, -0.15) is 0 Å². The number of aryl methyl sites for hydroxylation is 1. The molecule has 1 atom stereocenters. The first-order valence-corrected chi connectivity index (χ1v) is 8.52. The highest BCUT2D eigenvalue weighted by Crippen LogP contribution is 2.35. The number of hydrogen-bond acceptors (Lipinski definition) is 3. The fourth-order valence-corrected chi connectivity index (χ4v) is 3.10. The number of carbonyl (C=O) groups excluding carboxylic acids is 2. The number of carbonyl (C=O) groups is 2. The number of amides is 3. The van der Waals surface area contributed by atoms with Gasteiger partial charge in [-0.05, 0) is 42.3 Å². The Labute approximate surface area is 155 Å². The van der Waals surface area contributed by atoms with Gasteiger partial charge in [-0.25, -0.2) is 4.79 Å². The number of aliphatic hydroxyl groups excluding tert-OH is 1. The summed E-state index contributed by atoms with van der Waals surface area (Å²) < 4.78 is 0. The summed E-state index contributed by atoms with van der Waals surface area (Å²) in [6.07, 6.45) is 2.00. The van der Waals surface area contributed by atoms with Crippen molar-refractivity contribution in [3.63, 3.8) is 0 Å². The van der Waals surface area contributed by atoms with Crippen LogP contribution in [0.1, 0.15) is 24.1 Å². The number of halogens is 1. The van der Waals surface area contributed by atoms with Gasteiger partial charge < -0.3 is 21.1 Å². The van der Waals surface area contributed by atoms with Crippen molar-refractivity contribution >= 4 is 34.9 Å². The molecule has 2 aromatic rings. The molecule has 3 rings (SSSR count). The minimum Gasteiger partial charge on any atom is -0.503 e. The van der Waals surface area contributed by atoms with Crippen LogP contribution in [0.4, 0.5) is 16.2 Å². The van der Waals surface area contributed by atoms with Gasteiger partial charge in [0.25, 0.3) is 5.91 Å². The monoisotopic (exact) mass is 371 g/mol. The summed E-state index contributed by atoms with van der Waals surface area (Å²) in [7, 11) is 0. The molecule has 0 aromatic heterocycles. The third kappa shape index (κ3) is 3.81. The van der Waals surface area contributed by atoms with Crippen LogP contribution in [-0.2, 0) is 11.2 Å². The van der Waals surface area contributed by atoms with E-state index in [0.717, 1.165) is 12.0 Å². The van der Waals surface area contributed by atoms with Crippen LogP contribution in [0, 0.1) is 0 Å². The second kappa shape index (κ2) is 7.49. The molecule has 0 fully saturated rings. The molecule has 1 aliphatic rings. The van der Waals surface area contributed by atoms with E-state index >= 15 is 0 Å². The van der Waals surface area contributed by atoms with E-state index in [0.29, 0.717) is 22.0 Å². The number of para-hydroxylation sites is 1. The van der Waals surface area contributed by atoms with Gasteiger partial charge in [0, 0.05) is 22.0 Å². The van der Waals surface area contributed by atoms with Crippen LogP contribution >= 0.6 is 11.6 Å². The summed E-state index contributed by atoms with van der Waals surface area (Å²) in [6, 6.07) is 11.3. The van der Waals surface area contributed by atoms with E-state index in [9.17, 15) is 14.7 Å². The lowest BCUT2D eigenvalue weighted by Crippen LogP contribution is -2.32. The van der Waals surface area contributed by atoms with Crippen molar-refractivity contribution in [3.05, 3.63) is 70.4 Å². The molecule has 2 aromatic carbocycles. The highest BCUT2D eigenvalue weighted by Gasteiger charge is 2.26.